The van der Waals surface area contributed by atoms with E-state index < -0.39 is 0 Å². The molecule has 0 aliphatic carbocycles. The Morgan fingerprint density at radius 1 is 1.38 bits per heavy atom. The highest BCUT2D eigenvalue weighted by Gasteiger charge is 2.21. The van der Waals surface area contributed by atoms with Gasteiger partial charge in [0, 0.05) is 55.9 Å². The van der Waals surface area contributed by atoms with E-state index in [2.05, 4.69) is 30.9 Å². The molecule has 8 nitrogen and oxygen atoms in total. The first kappa shape index (κ1) is 14.6. The van der Waals surface area contributed by atoms with E-state index in [4.69, 9.17) is 0 Å². The van der Waals surface area contributed by atoms with Gasteiger partial charge in [0.1, 0.15) is 0 Å². The second-order valence-electron chi connectivity index (χ2n) is 5.61. The number of pyridine rings is 1. The Morgan fingerprint density at radius 3 is 3.21 bits per heavy atom. The van der Waals surface area contributed by atoms with Crippen LogP contribution in [0.4, 0.5) is 0 Å². The molecule has 8 heteroatoms. The van der Waals surface area contributed by atoms with Gasteiger partial charge in [-0.3, -0.25) is 9.89 Å². The number of hydrogen-bond donors (Lipinski definition) is 3. The first-order valence-corrected chi connectivity index (χ1v) is 7.81. The quantitative estimate of drug-likeness (QED) is 0.651. The van der Waals surface area contributed by atoms with Crippen LogP contribution in [0.25, 0.3) is 5.82 Å². The van der Waals surface area contributed by atoms with Crippen molar-refractivity contribution in [1.29, 1.82) is 0 Å². The number of amides is 1. The number of hydrogen-bond acceptors (Lipinski definition) is 5. The van der Waals surface area contributed by atoms with Gasteiger partial charge in [-0.15, -0.1) is 0 Å². The Bertz CT molecular complexity index is 853. The zero-order chi connectivity index (χ0) is 16.4. The van der Waals surface area contributed by atoms with E-state index in [9.17, 15) is 4.79 Å². The monoisotopic (exact) mass is 323 g/mol. The zero-order valence-corrected chi connectivity index (χ0v) is 13.0. The minimum absolute atomic E-state index is 0.173. The van der Waals surface area contributed by atoms with E-state index in [-0.39, 0.29) is 5.91 Å². The Kier molecular flexibility index (Phi) is 3.80. The molecule has 1 aliphatic rings. The van der Waals surface area contributed by atoms with Crippen molar-refractivity contribution >= 4 is 5.91 Å². The number of carbonyl (C=O) groups excluding carboxylic acids is 1. The van der Waals surface area contributed by atoms with Crippen LogP contribution in [0, 0.1) is 0 Å². The van der Waals surface area contributed by atoms with E-state index >= 15 is 0 Å². The van der Waals surface area contributed by atoms with Crippen LogP contribution in [0.15, 0.2) is 36.8 Å². The summed E-state index contributed by atoms with van der Waals surface area (Å²) in [4.78, 5) is 16.7. The molecule has 0 bridgehead atoms. The summed E-state index contributed by atoms with van der Waals surface area (Å²) in [6, 6.07) is 5.61. The molecular weight excluding hydrogens is 306 g/mol. The highest BCUT2D eigenvalue weighted by Crippen LogP contribution is 2.15. The van der Waals surface area contributed by atoms with E-state index in [0.717, 1.165) is 29.8 Å². The maximum Gasteiger partial charge on any atom is 0.272 e. The van der Waals surface area contributed by atoms with Crippen molar-refractivity contribution in [2.24, 2.45) is 0 Å². The fourth-order valence-electron chi connectivity index (χ4n) is 2.78. The maximum absolute atomic E-state index is 12.4. The summed E-state index contributed by atoms with van der Waals surface area (Å²) in [5, 5.41) is 17.5. The van der Waals surface area contributed by atoms with Gasteiger partial charge in [0.2, 0.25) is 0 Å². The van der Waals surface area contributed by atoms with E-state index in [0.29, 0.717) is 24.6 Å². The summed E-state index contributed by atoms with van der Waals surface area (Å²) in [6.45, 7) is 1.99. The molecule has 0 aromatic carbocycles. The molecule has 0 unspecified atom stereocenters. The van der Waals surface area contributed by atoms with Crippen LogP contribution in [-0.4, -0.2) is 37.4 Å². The summed E-state index contributed by atoms with van der Waals surface area (Å²) in [5.74, 6) is 0.543. The SMILES string of the molecule is O=C(NCc1ccnc(-n2cccn2)c1)c1n[nH]c2c1CNCC2. The van der Waals surface area contributed by atoms with E-state index in [1.807, 2.05) is 24.4 Å². The molecular formula is C16H17N7O. The number of aromatic amines is 1. The summed E-state index contributed by atoms with van der Waals surface area (Å²) >= 11 is 0. The van der Waals surface area contributed by atoms with Gasteiger partial charge in [0.05, 0.1) is 0 Å². The number of rotatable bonds is 4. The van der Waals surface area contributed by atoms with Crippen LogP contribution >= 0.6 is 0 Å². The van der Waals surface area contributed by atoms with Gasteiger partial charge in [-0.2, -0.15) is 10.2 Å². The van der Waals surface area contributed by atoms with E-state index in [1.165, 1.54) is 0 Å². The Morgan fingerprint density at radius 2 is 2.33 bits per heavy atom. The van der Waals surface area contributed by atoms with Crippen molar-refractivity contribution < 1.29 is 4.79 Å². The smallest absolute Gasteiger partial charge is 0.272 e. The summed E-state index contributed by atoms with van der Waals surface area (Å²) in [7, 11) is 0. The standard InChI is InChI=1S/C16H17N7O/c24-16(15-12-10-17-5-3-13(12)21-22-15)19-9-11-2-6-18-14(8-11)23-7-1-4-20-23/h1-2,4,6-8,17H,3,5,9-10H2,(H,19,24)(H,21,22). The summed E-state index contributed by atoms with van der Waals surface area (Å²) < 4.78 is 1.68. The molecule has 4 heterocycles. The Balaban J connectivity index is 1.46. The van der Waals surface area contributed by atoms with Gasteiger partial charge in [0.15, 0.2) is 11.5 Å². The number of nitrogens with one attached hydrogen (secondary N) is 3. The van der Waals surface area contributed by atoms with E-state index in [1.54, 1.807) is 17.1 Å². The van der Waals surface area contributed by atoms with Crippen molar-refractivity contribution in [2.45, 2.75) is 19.5 Å². The van der Waals surface area contributed by atoms with Gasteiger partial charge in [-0.25, -0.2) is 9.67 Å². The predicted molar refractivity (Wildman–Crippen MR) is 86.5 cm³/mol. The first-order chi connectivity index (χ1) is 11.8. The molecule has 0 spiro atoms. The molecule has 1 amide bonds. The molecule has 0 saturated heterocycles. The molecule has 3 aromatic rings. The van der Waals surface area contributed by atoms with Crippen molar-refractivity contribution in [3.8, 4) is 5.82 Å². The Hall–Kier alpha value is -3.00. The molecule has 122 valence electrons. The van der Waals surface area contributed by atoms with Crippen LogP contribution < -0.4 is 10.6 Å². The van der Waals surface area contributed by atoms with Crippen molar-refractivity contribution in [1.82, 2.24) is 35.6 Å². The maximum atomic E-state index is 12.4. The minimum atomic E-state index is -0.173. The third-order valence-corrected chi connectivity index (χ3v) is 4.02. The van der Waals surface area contributed by atoms with Crippen LogP contribution in [0.3, 0.4) is 0 Å². The van der Waals surface area contributed by atoms with Crippen molar-refractivity contribution in [3.05, 3.63) is 59.3 Å². The van der Waals surface area contributed by atoms with Gasteiger partial charge in [0.25, 0.3) is 5.91 Å². The molecule has 0 saturated carbocycles. The highest BCUT2D eigenvalue weighted by molar-refractivity contribution is 5.94. The van der Waals surface area contributed by atoms with Crippen LogP contribution in [0.2, 0.25) is 0 Å². The van der Waals surface area contributed by atoms with Crippen molar-refractivity contribution in [2.75, 3.05) is 6.54 Å². The van der Waals surface area contributed by atoms with Gasteiger partial charge >= 0.3 is 0 Å². The number of H-pyrrole nitrogens is 1. The average Bonchev–Trinajstić information content (AvgIpc) is 3.29. The largest absolute Gasteiger partial charge is 0.347 e. The molecule has 4 rings (SSSR count). The predicted octanol–water partition coefficient (Wildman–Crippen LogP) is 0.566. The molecule has 0 atom stereocenters. The molecule has 0 fully saturated rings. The average molecular weight is 323 g/mol. The lowest BCUT2D eigenvalue weighted by atomic mass is 10.1. The Labute approximate surface area is 138 Å². The van der Waals surface area contributed by atoms with Gasteiger partial charge in [-0.05, 0) is 23.8 Å². The summed E-state index contributed by atoms with van der Waals surface area (Å²) in [5.41, 5.74) is 3.43. The lowest BCUT2D eigenvalue weighted by Gasteiger charge is -2.13. The lowest BCUT2D eigenvalue weighted by molar-refractivity contribution is 0.0944. The molecule has 1 aliphatic heterocycles. The third-order valence-electron chi connectivity index (χ3n) is 4.02. The third kappa shape index (κ3) is 2.79. The molecule has 3 N–H and O–H groups in total. The van der Waals surface area contributed by atoms with Crippen LogP contribution in [0.5, 0.6) is 0 Å². The number of fused-ring (bicyclic) bond motifs is 1. The second-order valence-corrected chi connectivity index (χ2v) is 5.61. The minimum Gasteiger partial charge on any atom is -0.347 e. The van der Waals surface area contributed by atoms with Crippen molar-refractivity contribution in [3.63, 3.8) is 0 Å². The van der Waals surface area contributed by atoms with Crippen LogP contribution in [-0.2, 0) is 19.5 Å². The number of carbonyl (C=O) groups is 1. The molecule has 0 radical (unpaired) electrons. The fourth-order valence-corrected chi connectivity index (χ4v) is 2.78. The normalized spacial score (nSPS) is 13.5. The number of nitrogens with zero attached hydrogens (tertiary/aromatic N) is 4. The molecule has 24 heavy (non-hydrogen) atoms. The van der Waals surface area contributed by atoms with Gasteiger partial charge < -0.3 is 10.6 Å². The first-order valence-electron chi connectivity index (χ1n) is 7.81. The molecule has 3 aromatic heterocycles. The second kappa shape index (κ2) is 6.25. The zero-order valence-electron chi connectivity index (χ0n) is 13.0. The summed E-state index contributed by atoms with van der Waals surface area (Å²) in [6.07, 6.45) is 6.10. The number of aromatic nitrogens is 5. The fraction of sp³-hybridized carbons (Fsp3) is 0.250. The highest BCUT2D eigenvalue weighted by atomic mass is 16.1. The van der Waals surface area contributed by atoms with Crippen LogP contribution in [0.1, 0.15) is 27.3 Å². The topological polar surface area (TPSA) is 101 Å². The lowest BCUT2D eigenvalue weighted by Crippen LogP contribution is -2.28. The van der Waals surface area contributed by atoms with Gasteiger partial charge in [-0.1, -0.05) is 0 Å².